The van der Waals surface area contributed by atoms with Crippen molar-refractivity contribution in [1.29, 1.82) is 0 Å². The molecule has 4 aromatic heterocycles. The zero-order chi connectivity index (χ0) is 19.2. The first-order chi connectivity index (χ1) is 12.9. The van der Waals surface area contributed by atoms with Crippen LogP contribution >= 0.6 is 11.3 Å². The van der Waals surface area contributed by atoms with Crippen molar-refractivity contribution >= 4 is 22.1 Å². The van der Waals surface area contributed by atoms with Gasteiger partial charge in [-0.25, -0.2) is 23.3 Å². The molecule has 0 amide bonds. The Labute approximate surface area is 156 Å². The second-order valence-electron chi connectivity index (χ2n) is 5.90. The molecule has 10 heteroatoms. The predicted molar refractivity (Wildman–Crippen MR) is 97.9 cm³/mol. The Bertz CT molecular complexity index is 1130. The molecule has 4 aromatic rings. The molecule has 138 valence electrons. The molecule has 0 saturated carbocycles. The SMILES string of the molecule is COc1cncc(-c2nn3c(-c4cnc(N)c(C(C)(F)F)c4)cnc3s2)c1. The summed E-state index contributed by atoms with van der Waals surface area (Å²) in [5, 5.41) is 5.22. The highest BCUT2D eigenvalue weighted by Crippen LogP contribution is 2.35. The first-order valence-electron chi connectivity index (χ1n) is 7.85. The third kappa shape index (κ3) is 3.08. The number of nitrogen functional groups attached to an aromatic ring is 1. The minimum Gasteiger partial charge on any atom is -0.495 e. The van der Waals surface area contributed by atoms with E-state index in [0.717, 1.165) is 12.5 Å². The van der Waals surface area contributed by atoms with Crippen LogP contribution in [0.3, 0.4) is 0 Å². The number of halogens is 2. The zero-order valence-electron chi connectivity index (χ0n) is 14.3. The largest absolute Gasteiger partial charge is 0.495 e. The Morgan fingerprint density at radius 1 is 1.11 bits per heavy atom. The third-order valence-electron chi connectivity index (χ3n) is 3.97. The summed E-state index contributed by atoms with van der Waals surface area (Å²) in [5.41, 5.74) is 7.04. The van der Waals surface area contributed by atoms with E-state index in [-0.39, 0.29) is 11.4 Å². The highest BCUT2D eigenvalue weighted by Gasteiger charge is 2.28. The molecule has 4 rings (SSSR count). The first-order valence-corrected chi connectivity index (χ1v) is 8.66. The molecule has 4 heterocycles. The summed E-state index contributed by atoms with van der Waals surface area (Å²) in [4.78, 5) is 13.0. The van der Waals surface area contributed by atoms with E-state index in [0.29, 0.717) is 27.0 Å². The molecular formula is C17H14F2N6OS. The number of alkyl halides is 2. The number of nitrogens with zero attached hydrogens (tertiary/aromatic N) is 5. The number of fused-ring (bicyclic) bond motifs is 1. The summed E-state index contributed by atoms with van der Waals surface area (Å²) in [5.74, 6) is -2.69. The number of pyridine rings is 2. The maximum atomic E-state index is 13.8. The van der Waals surface area contributed by atoms with Gasteiger partial charge >= 0.3 is 0 Å². The fraction of sp³-hybridized carbons (Fsp3) is 0.176. The van der Waals surface area contributed by atoms with Crippen molar-refractivity contribution in [1.82, 2.24) is 24.6 Å². The number of methoxy groups -OCH3 is 1. The molecule has 0 fully saturated rings. The van der Waals surface area contributed by atoms with Crippen molar-refractivity contribution in [2.45, 2.75) is 12.8 Å². The van der Waals surface area contributed by atoms with Gasteiger partial charge in [0, 0.05) is 30.4 Å². The number of anilines is 1. The lowest BCUT2D eigenvalue weighted by molar-refractivity contribution is 0.0180. The van der Waals surface area contributed by atoms with Gasteiger partial charge in [0.15, 0.2) is 0 Å². The summed E-state index contributed by atoms with van der Waals surface area (Å²) < 4.78 is 34.3. The normalized spacial score (nSPS) is 11.9. The van der Waals surface area contributed by atoms with Crippen LogP contribution in [0.2, 0.25) is 0 Å². The van der Waals surface area contributed by atoms with Gasteiger partial charge in [0.25, 0.3) is 5.92 Å². The van der Waals surface area contributed by atoms with Crippen LogP contribution in [0.1, 0.15) is 12.5 Å². The summed E-state index contributed by atoms with van der Waals surface area (Å²) in [6, 6.07) is 3.13. The van der Waals surface area contributed by atoms with E-state index in [2.05, 4.69) is 20.1 Å². The maximum Gasteiger partial charge on any atom is 0.274 e. The molecule has 0 aliphatic heterocycles. The molecule has 0 bridgehead atoms. The summed E-state index contributed by atoms with van der Waals surface area (Å²) in [7, 11) is 1.56. The number of nitrogens with two attached hydrogens (primary N) is 1. The summed E-state index contributed by atoms with van der Waals surface area (Å²) in [6.45, 7) is 0.785. The Balaban J connectivity index is 1.81. The van der Waals surface area contributed by atoms with Gasteiger partial charge < -0.3 is 10.5 Å². The van der Waals surface area contributed by atoms with Crippen molar-refractivity contribution < 1.29 is 13.5 Å². The summed E-state index contributed by atoms with van der Waals surface area (Å²) in [6.07, 6.45) is 6.26. The molecule has 27 heavy (non-hydrogen) atoms. The Morgan fingerprint density at radius 3 is 2.67 bits per heavy atom. The van der Waals surface area contributed by atoms with E-state index >= 15 is 0 Å². The first kappa shape index (κ1) is 17.3. The van der Waals surface area contributed by atoms with Crippen LogP contribution < -0.4 is 10.5 Å². The van der Waals surface area contributed by atoms with Gasteiger partial charge in [-0.1, -0.05) is 11.3 Å². The minimum absolute atomic E-state index is 0.201. The molecular weight excluding hydrogens is 374 g/mol. The molecule has 0 saturated heterocycles. The van der Waals surface area contributed by atoms with E-state index in [9.17, 15) is 8.78 Å². The standard InChI is InChI=1S/C17H14F2N6OS/c1-17(18,19)12-4-9(6-22-14(12)20)13-8-23-16-25(13)24-15(27-16)10-3-11(26-2)7-21-5-10/h3-8H,1-2H3,(H2,20,22). The Morgan fingerprint density at radius 2 is 1.93 bits per heavy atom. The lowest BCUT2D eigenvalue weighted by Crippen LogP contribution is -2.12. The van der Waals surface area contributed by atoms with Gasteiger partial charge in [0.2, 0.25) is 4.96 Å². The van der Waals surface area contributed by atoms with E-state index < -0.39 is 5.92 Å². The average Bonchev–Trinajstić information content (AvgIpc) is 3.22. The number of hydrogen-bond donors (Lipinski definition) is 1. The van der Waals surface area contributed by atoms with Crippen molar-refractivity contribution in [2.24, 2.45) is 0 Å². The second kappa shape index (κ2) is 6.23. The smallest absolute Gasteiger partial charge is 0.274 e. The Hall–Kier alpha value is -3.14. The van der Waals surface area contributed by atoms with Crippen LogP contribution in [-0.4, -0.2) is 31.7 Å². The van der Waals surface area contributed by atoms with Crippen LogP contribution in [0.4, 0.5) is 14.6 Å². The highest BCUT2D eigenvalue weighted by atomic mass is 32.1. The monoisotopic (exact) mass is 388 g/mol. The molecule has 2 N–H and O–H groups in total. The van der Waals surface area contributed by atoms with Crippen LogP contribution in [0, 0.1) is 0 Å². The molecule has 0 aromatic carbocycles. The van der Waals surface area contributed by atoms with Crippen molar-refractivity contribution in [3.8, 4) is 27.6 Å². The van der Waals surface area contributed by atoms with Crippen molar-refractivity contribution in [2.75, 3.05) is 12.8 Å². The van der Waals surface area contributed by atoms with E-state index in [1.807, 2.05) is 6.07 Å². The van der Waals surface area contributed by atoms with Gasteiger partial charge in [-0.15, -0.1) is 0 Å². The number of hydrogen-bond acceptors (Lipinski definition) is 7. The van der Waals surface area contributed by atoms with Gasteiger partial charge in [0.05, 0.1) is 30.8 Å². The average molecular weight is 388 g/mol. The van der Waals surface area contributed by atoms with Crippen LogP contribution in [0.25, 0.3) is 26.8 Å². The number of imidazole rings is 1. The molecule has 0 aliphatic rings. The molecule has 0 atom stereocenters. The summed E-state index contributed by atoms with van der Waals surface area (Å²) >= 11 is 1.35. The molecule has 0 aliphatic carbocycles. The number of rotatable bonds is 4. The molecule has 0 radical (unpaired) electrons. The van der Waals surface area contributed by atoms with Crippen LogP contribution in [0.15, 0.2) is 36.9 Å². The lowest BCUT2D eigenvalue weighted by Gasteiger charge is -2.13. The van der Waals surface area contributed by atoms with E-state index in [1.54, 1.807) is 30.2 Å². The van der Waals surface area contributed by atoms with Crippen LogP contribution in [0.5, 0.6) is 5.75 Å². The van der Waals surface area contributed by atoms with E-state index in [1.165, 1.54) is 23.6 Å². The van der Waals surface area contributed by atoms with E-state index in [4.69, 9.17) is 10.5 Å². The van der Waals surface area contributed by atoms with Gasteiger partial charge in [-0.3, -0.25) is 4.98 Å². The lowest BCUT2D eigenvalue weighted by atomic mass is 10.1. The Kier molecular flexibility index (Phi) is 3.99. The van der Waals surface area contributed by atoms with Crippen LogP contribution in [-0.2, 0) is 5.92 Å². The predicted octanol–water partition coefficient (Wildman–Crippen LogP) is 3.62. The minimum atomic E-state index is -3.10. The third-order valence-corrected chi connectivity index (χ3v) is 4.94. The second-order valence-corrected chi connectivity index (χ2v) is 6.86. The number of aromatic nitrogens is 5. The highest BCUT2D eigenvalue weighted by molar-refractivity contribution is 7.19. The fourth-order valence-electron chi connectivity index (χ4n) is 2.62. The molecule has 0 spiro atoms. The molecule has 7 nitrogen and oxygen atoms in total. The van der Waals surface area contributed by atoms with Gasteiger partial charge in [-0.2, -0.15) is 5.10 Å². The van der Waals surface area contributed by atoms with Gasteiger partial charge in [0.1, 0.15) is 16.6 Å². The van der Waals surface area contributed by atoms with Crippen molar-refractivity contribution in [3.05, 3.63) is 42.5 Å². The van der Waals surface area contributed by atoms with Gasteiger partial charge in [-0.05, 0) is 12.1 Å². The maximum absolute atomic E-state index is 13.8. The van der Waals surface area contributed by atoms with Crippen molar-refractivity contribution in [3.63, 3.8) is 0 Å². The molecule has 0 unspecified atom stereocenters. The topological polar surface area (TPSA) is 91.2 Å². The number of ether oxygens (including phenoxy) is 1. The quantitative estimate of drug-likeness (QED) is 0.574. The zero-order valence-corrected chi connectivity index (χ0v) is 15.2. The fourth-order valence-corrected chi connectivity index (χ4v) is 3.48.